The molecule has 4 heteroatoms. The van der Waals surface area contributed by atoms with E-state index < -0.39 is 0 Å². The third-order valence-electron chi connectivity index (χ3n) is 3.56. The van der Waals surface area contributed by atoms with Gasteiger partial charge in [0.05, 0.1) is 0 Å². The first-order valence-electron chi connectivity index (χ1n) is 7.27. The fraction of sp³-hybridized carbons (Fsp3) is 0.500. The van der Waals surface area contributed by atoms with Crippen LogP contribution in [0.2, 0.25) is 0 Å². The largest absolute Gasteiger partial charge is 0.445 e. The fourth-order valence-corrected chi connectivity index (χ4v) is 2.30. The van der Waals surface area contributed by atoms with Gasteiger partial charge in [-0.2, -0.15) is 0 Å². The van der Waals surface area contributed by atoms with Crippen molar-refractivity contribution in [3.63, 3.8) is 0 Å². The van der Waals surface area contributed by atoms with Crippen molar-refractivity contribution >= 4 is 6.09 Å². The molecular weight excluding hydrogens is 252 g/mol. The van der Waals surface area contributed by atoms with E-state index in [1.165, 1.54) is 0 Å². The first kappa shape index (κ1) is 14.9. The summed E-state index contributed by atoms with van der Waals surface area (Å²) < 4.78 is 5.34. The monoisotopic (exact) mass is 275 g/mol. The van der Waals surface area contributed by atoms with Crippen molar-refractivity contribution in [1.82, 2.24) is 9.80 Å². The standard InChI is InChI=1S/C16H23N2O2/c1-2-3-9-17-10-12-18(13-11-17)16(19)20-14-15-7-5-4-6-8-15/h4-8H,1-3,9-14H2. The molecule has 0 saturated carbocycles. The Balaban J connectivity index is 1.69. The van der Waals surface area contributed by atoms with Gasteiger partial charge in [0.1, 0.15) is 6.61 Å². The number of hydrogen-bond donors (Lipinski definition) is 0. The Morgan fingerprint density at radius 1 is 1.15 bits per heavy atom. The van der Waals surface area contributed by atoms with E-state index >= 15 is 0 Å². The van der Waals surface area contributed by atoms with E-state index in [9.17, 15) is 4.79 Å². The molecule has 1 aromatic carbocycles. The summed E-state index contributed by atoms with van der Waals surface area (Å²) >= 11 is 0. The lowest BCUT2D eigenvalue weighted by Gasteiger charge is -2.34. The minimum absolute atomic E-state index is 0.203. The molecule has 0 spiro atoms. The lowest BCUT2D eigenvalue weighted by molar-refractivity contribution is 0.0715. The van der Waals surface area contributed by atoms with Gasteiger partial charge >= 0.3 is 6.09 Å². The second kappa shape index (κ2) is 7.90. The predicted molar refractivity (Wildman–Crippen MR) is 79.2 cm³/mol. The van der Waals surface area contributed by atoms with E-state index in [2.05, 4.69) is 11.8 Å². The van der Waals surface area contributed by atoms with E-state index in [0.717, 1.165) is 51.1 Å². The lowest BCUT2D eigenvalue weighted by Crippen LogP contribution is -2.48. The number of amides is 1. The van der Waals surface area contributed by atoms with E-state index in [0.29, 0.717) is 6.61 Å². The van der Waals surface area contributed by atoms with Gasteiger partial charge in [0.25, 0.3) is 0 Å². The van der Waals surface area contributed by atoms with E-state index in [4.69, 9.17) is 4.74 Å². The summed E-state index contributed by atoms with van der Waals surface area (Å²) in [5.41, 5.74) is 1.02. The zero-order valence-corrected chi connectivity index (χ0v) is 12.0. The molecule has 4 nitrogen and oxygen atoms in total. The molecule has 1 aliphatic rings. The van der Waals surface area contributed by atoms with Crippen LogP contribution >= 0.6 is 0 Å². The third kappa shape index (κ3) is 4.53. The number of hydrogen-bond acceptors (Lipinski definition) is 3. The Morgan fingerprint density at radius 3 is 2.50 bits per heavy atom. The van der Waals surface area contributed by atoms with Crippen LogP contribution in [0.4, 0.5) is 4.79 Å². The van der Waals surface area contributed by atoms with Gasteiger partial charge in [-0.1, -0.05) is 43.7 Å². The number of nitrogens with zero attached hydrogens (tertiary/aromatic N) is 2. The number of ether oxygens (including phenoxy) is 1. The maximum atomic E-state index is 12.0. The molecule has 1 heterocycles. The highest BCUT2D eigenvalue weighted by atomic mass is 16.6. The zero-order chi connectivity index (χ0) is 14.2. The number of rotatable bonds is 5. The van der Waals surface area contributed by atoms with E-state index in [1.54, 1.807) is 4.90 Å². The van der Waals surface area contributed by atoms with Gasteiger partial charge in [-0.25, -0.2) is 4.79 Å². The maximum absolute atomic E-state index is 12.0. The first-order valence-corrected chi connectivity index (χ1v) is 7.27. The molecular formula is C16H23N2O2. The van der Waals surface area contributed by atoms with Crippen LogP contribution in [0.25, 0.3) is 0 Å². The molecule has 1 saturated heterocycles. The minimum atomic E-state index is -0.203. The summed E-state index contributed by atoms with van der Waals surface area (Å²) in [6.45, 7) is 8.66. The van der Waals surface area contributed by atoms with Gasteiger partial charge < -0.3 is 9.64 Å². The molecule has 0 bridgehead atoms. The molecule has 1 aliphatic heterocycles. The van der Waals surface area contributed by atoms with E-state index in [1.807, 2.05) is 30.3 Å². The number of unbranched alkanes of at least 4 members (excludes halogenated alkanes) is 1. The number of carbonyl (C=O) groups is 1. The average Bonchev–Trinajstić information content (AvgIpc) is 2.52. The second-order valence-corrected chi connectivity index (χ2v) is 5.08. The normalized spacial score (nSPS) is 16.1. The van der Waals surface area contributed by atoms with Crippen molar-refractivity contribution in [3.05, 3.63) is 42.8 Å². The topological polar surface area (TPSA) is 32.8 Å². The number of piperazine rings is 1. The van der Waals surface area contributed by atoms with Crippen LogP contribution in [0.1, 0.15) is 18.4 Å². The molecule has 1 fully saturated rings. The third-order valence-corrected chi connectivity index (χ3v) is 3.56. The van der Waals surface area contributed by atoms with Gasteiger partial charge in [0.2, 0.25) is 0 Å². The molecule has 2 rings (SSSR count). The van der Waals surface area contributed by atoms with Crippen LogP contribution in [0, 0.1) is 6.92 Å². The molecule has 1 radical (unpaired) electrons. The van der Waals surface area contributed by atoms with Gasteiger partial charge in [0, 0.05) is 26.2 Å². The van der Waals surface area contributed by atoms with Gasteiger partial charge in [-0.05, 0) is 18.5 Å². The maximum Gasteiger partial charge on any atom is 0.410 e. The van der Waals surface area contributed by atoms with Gasteiger partial charge in [0.15, 0.2) is 0 Å². The Labute approximate surface area is 121 Å². The molecule has 20 heavy (non-hydrogen) atoms. The SMILES string of the molecule is [CH2]CCCN1CCN(C(=O)OCc2ccccc2)CC1. The number of carbonyl (C=O) groups excluding carboxylic acids is 1. The van der Waals surface area contributed by atoms with Crippen LogP contribution in [0.3, 0.4) is 0 Å². The van der Waals surface area contributed by atoms with Crippen molar-refractivity contribution in [2.75, 3.05) is 32.7 Å². The van der Waals surface area contributed by atoms with Crippen LogP contribution in [0.5, 0.6) is 0 Å². The summed E-state index contributed by atoms with van der Waals surface area (Å²) in [5.74, 6) is 0. The van der Waals surface area contributed by atoms with E-state index in [-0.39, 0.29) is 6.09 Å². The Bertz CT molecular complexity index is 400. The van der Waals surface area contributed by atoms with Crippen LogP contribution in [-0.2, 0) is 11.3 Å². The highest BCUT2D eigenvalue weighted by Crippen LogP contribution is 2.07. The Kier molecular flexibility index (Phi) is 5.87. The van der Waals surface area contributed by atoms with Crippen molar-refractivity contribution in [2.24, 2.45) is 0 Å². The second-order valence-electron chi connectivity index (χ2n) is 5.08. The molecule has 0 aromatic heterocycles. The van der Waals surface area contributed by atoms with Crippen LogP contribution in [-0.4, -0.2) is 48.6 Å². The molecule has 0 N–H and O–H groups in total. The average molecular weight is 275 g/mol. The molecule has 1 aromatic rings. The predicted octanol–water partition coefficient (Wildman–Crippen LogP) is 2.56. The first-order chi connectivity index (χ1) is 9.79. The molecule has 1 amide bonds. The van der Waals surface area contributed by atoms with Crippen molar-refractivity contribution in [1.29, 1.82) is 0 Å². The smallest absolute Gasteiger partial charge is 0.410 e. The van der Waals surface area contributed by atoms with Crippen LogP contribution in [0.15, 0.2) is 30.3 Å². The molecule has 0 atom stereocenters. The minimum Gasteiger partial charge on any atom is -0.445 e. The summed E-state index contributed by atoms with van der Waals surface area (Å²) in [5, 5.41) is 0. The van der Waals surface area contributed by atoms with Crippen LogP contribution < -0.4 is 0 Å². The highest BCUT2D eigenvalue weighted by molar-refractivity contribution is 5.67. The Morgan fingerprint density at radius 2 is 1.85 bits per heavy atom. The molecule has 0 unspecified atom stereocenters. The Hall–Kier alpha value is -1.55. The summed E-state index contributed by atoms with van der Waals surface area (Å²) in [4.78, 5) is 16.1. The van der Waals surface area contributed by atoms with Gasteiger partial charge in [-0.15, -0.1) is 0 Å². The molecule has 0 aliphatic carbocycles. The number of benzene rings is 1. The summed E-state index contributed by atoms with van der Waals surface area (Å²) in [6.07, 6.45) is 1.89. The van der Waals surface area contributed by atoms with Crippen molar-refractivity contribution < 1.29 is 9.53 Å². The van der Waals surface area contributed by atoms with Gasteiger partial charge in [-0.3, -0.25) is 4.90 Å². The lowest BCUT2D eigenvalue weighted by atomic mass is 10.2. The summed E-state index contributed by atoms with van der Waals surface area (Å²) in [6, 6.07) is 9.78. The zero-order valence-electron chi connectivity index (χ0n) is 12.0. The highest BCUT2D eigenvalue weighted by Gasteiger charge is 2.21. The summed E-state index contributed by atoms with van der Waals surface area (Å²) in [7, 11) is 0. The molecule has 109 valence electrons. The quantitative estimate of drug-likeness (QED) is 0.828. The van der Waals surface area contributed by atoms with Crippen molar-refractivity contribution in [3.8, 4) is 0 Å². The fourth-order valence-electron chi connectivity index (χ4n) is 2.30. The van der Waals surface area contributed by atoms with Crippen molar-refractivity contribution in [2.45, 2.75) is 19.4 Å².